The fraction of sp³-hybridized carbons (Fsp3) is 0.438. The normalized spacial score (nSPS) is 10.0. The molecule has 1 unspecified atom stereocenters. The molecular weight excluding hydrogens is 334 g/mol. The van der Waals surface area contributed by atoms with Crippen LogP contribution in [-0.4, -0.2) is 27.1 Å². The van der Waals surface area contributed by atoms with Crippen LogP contribution >= 0.6 is 0 Å². The van der Waals surface area contributed by atoms with Crippen LogP contribution in [0.25, 0.3) is 0 Å². The predicted octanol–water partition coefficient (Wildman–Crippen LogP) is 2.74. The summed E-state index contributed by atoms with van der Waals surface area (Å²) in [6, 6.07) is 9.41. The molecule has 0 heterocycles. The van der Waals surface area contributed by atoms with Crippen molar-refractivity contribution < 1.29 is 31.3 Å². The first-order chi connectivity index (χ1) is 9.84. The molecule has 4 nitrogen and oxygen atoms in total. The Morgan fingerprint density at radius 3 is 1.59 bits per heavy atom. The Labute approximate surface area is 146 Å². The van der Waals surface area contributed by atoms with E-state index in [1.807, 2.05) is 0 Å². The van der Waals surface area contributed by atoms with Gasteiger partial charge >= 0.3 is 33.9 Å². The predicted molar refractivity (Wildman–Crippen MR) is 83.3 cm³/mol. The number of rotatable bonds is 3. The third-order valence-electron chi connectivity index (χ3n) is 2.99. The van der Waals surface area contributed by atoms with Gasteiger partial charge in [-0.2, -0.15) is 0 Å². The monoisotopic (exact) mass is 357 g/mol. The first-order valence-electron chi connectivity index (χ1n) is 6.21. The van der Waals surface area contributed by atoms with Gasteiger partial charge in [-0.05, 0) is 26.6 Å². The van der Waals surface area contributed by atoms with Crippen LogP contribution < -0.4 is 5.19 Å². The van der Waals surface area contributed by atoms with Crippen molar-refractivity contribution in [3.05, 3.63) is 49.8 Å². The van der Waals surface area contributed by atoms with E-state index >= 15 is 0 Å². The van der Waals surface area contributed by atoms with Crippen LogP contribution in [0.2, 0.25) is 19.6 Å². The maximum atomic E-state index is 7.50. The van der Waals surface area contributed by atoms with Gasteiger partial charge in [0.15, 0.2) is 0 Å². The van der Waals surface area contributed by atoms with Gasteiger partial charge in [-0.25, -0.2) is 0 Å². The molecule has 0 aliphatic heterocycles. The van der Waals surface area contributed by atoms with E-state index in [4.69, 9.17) is 14.0 Å². The van der Waals surface area contributed by atoms with Crippen LogP contribution in [0.4, 0.5) is 0 Å². The van der Waals surface area contributed by atoms with Gasteiger partial charge in [0.1, 0.15) is 0 Å². The second kappa shape index (κ2) is 16.5. The molecule has 1 atom stereocenters. The minimum Gasteiger partial charge on any atom is 0 e. The fourth-order valence-electron chi connectivity index (χ4n) is 1.82. The molecule has 0 fully saturated rings. The molecule has 120 valence electrons. The number of hydrogen-bond donors (Lipinski definition) is 0. The van der Waals surface area contributed by atoms with Crippen molar-refractivity contribution in [2.24, 2.45) is 0 Å². The third kappa shape index (κ3) is 10.8. The van der Waals surface area contributed by atoms with Crippen molar-refractivity contribution in [1.29, 1.82) is 0 Å². The van der Waals surface area contributed by atoms with E-state index in [1.165, 1.54) is 5.56 Å². The Morgan fingerprint density at radius 1 is 0.909 bits per heavy atom. The maximum absolute atomic E-state index is 7.50. The van der Waals surface area contributed by atoms with Gasteiger partial charge in [0, 0.05) is 23.4 Å². The molecule has 0 saturated heterocycles. The summed E-state index contributed by atoms with van der Waals surface area (Å²) in [6.07, 6.45) is 0. The molecule has 1 rings (SSSR count). The molecule has 0 aromatic heterocycles. The number of nitrogens with zero attached hydrogens (tertiary/aromatic N) is 1. The summed E-state index contributed by atoms with van der Waals surface area (Å²) < 4.78 is 22.5. The van der Waals surface area contributed by atoms with Crippen molar-refractivity contribution >= 4 is 13.3 Å². The molecule has 0 amide bonds. The van der Waals surface area contributed by atoms with E-state index in [-0.39, 0.29) is 17.4 Å². The molecule has 1 aromatic rings. The van der Waals surface area contributed by atoms with E-state index in [0.717, 1.165) is 0 Å². The standard InChI is InChI=1S/C13H23NSi.3CO.Cr/c1-11(14(2)3)12-9-7-8-10-13(12)15(4,5)6;3*1-2;/h7-11H,1-6H3;;;;. The average molecular weight is 357 g/mol. The van der Waals surface area contributed by atoms with E-state index in [9.17, 15) is 0 Å². The average Bonchev–Trinajstić information content (AvgIpc) is 2.51. The van der Waals surface area contributed by atoms with Gasteiger partial charge in [0.05, 0.1) is 8.07 Å². The molecule has 6 heteroatoms. The summed E-state index contributed by atoms with van der Waals surface area (Å²) in [5, 5.41) is 1.59. The Balaban J connectivity index is -0.000000206. The molecule has 1 aromatic carbocycles. The van der Waals surface area contributed by atoms with E-state index < -0.39 is 8.07 Å². The summed E-state index contributed by atoms with van der Waals surface area (Å²) in [5.74, 6) is 0. The Bertz CT molecular complexity index is 436. The second-order valence-electron chi connectivity index (χ2n) is 5.48. The topological polar surface area (TPSA) is 62.9 Å². The zero-order valence-corrected chi connectivity index (χ0v) is 16.2. The molecule has 0 radical (unpaired) electrons. The van der Waals surface area contributed by atoms with Crippen LogP contribution in [0.1, 0.15) is 18.5 Å². The molecule has 0 N–H and O–H groups in total. The maximum Gasteiger partial charge on any atom is 0 e. The first kappa shape index (κ1) is 29.2. The van der Waals surface area contributed by atoms with Crippen molar-refractivity contribution in [3.63, 3.8) is 0 Å². The summed E-state index contributed by atoms with van der Waals surface area (Å²) in [4.78, 5) is 2.28. The van der Waals surface area contributed by atoms with Crippen LogP contribution in [0.5, 0.6) is 0 Å². The molecule has 0 aliphatic carbocycles. The van der Waals surface area contributed by atoms with Gasteiger partial charge in [-0.15, -0.1) is 0 Å². The van der Waals surface area contributed by atoms with Gasteiger partial charge < -0.3 is 4.90 Å². The van der Waals surface area contributed by atoms with Gasteiger partial charge in [-0.1, -0.05) is 49.1 Å². The van der Waals surface area contributed by atoms with Crippen LogP contribution in [0.3, 0.4) is 0 Å². The minimum atomic E-state index is -1.21. The zero-order chi connectivity index (χ0) is 17.6. The fourth-order valence-corrected chi connectivity index (χ4v) is 3.58. The molecule has 0 aliphatic rings. The number of hydrogen-bond acceptors (Lipinski definition) is 1. The van der Waals surface area contributed by atoms with Crippen LogP contribution in [0.15, 0.2) is 24.3 Å². The van der Waals surface area contributed by atoms with Crippen LogP contribution in [-0.2, 0) is 31.3 Å². The van der Waals surface area contributed by atoms with E-state index in [1.54, 1.807) is 5.19 Å². The van der Waals surface area contributed by atoms with Crippen molar-refractivity contribution in [3.8, 4) is 0 Å². The van der Waals surface area contributed by atoms with E-state index in [2.05, 4.69) is 89.8 Å². The summed E-state index contributed by atoms with van der Waals surface area (Å²) in [5.41, 5.74) is 1.50. The Kier molecular flexibility index (Phi) is 21.9. The molecular formula is C16H23CrNO3Si. The molecule has 0 saturated carbocycles. The number of benzene rings is 1. The molecule has 0 spiro atoms. The molecule has 0 bridgehead atoms. The van der Waals surface area contributed by atoms with Crippen molar-refractivity contribution in [2.75, 3.05) is 14.1 Å². The van der Waals surface area contributed by atoms with E-state index in [0.29, 0.717) is 6.04 Å². The van der Waals surface area contributed by atoms with Crippen LogP contribution in [0, 0.1) is 20.0 Å². The quantitative estimate of drug-likeness (QED) is 0.466. The summed E-state index contributed by atoms with van der Waals surface area (Å²) in [7, 11) is 3.08. The minimum absolute atomic E-state index is 0. The summed E-state index contributed by atoms with van der Waals surface area (Å²) >= 11 is 0. The van der Waals surface area contributed by atoms with Gasteiger partial charge in [0.2, 0.25) is 0 Å². The Morgan fingerprint density at radius 2 is 1.27 bits per heavy atom. The Hall–Kier alpha value is -0.851. The van der Waals surface area contributed by atoms with Gasteiger partial charge in [-0.3, -0.25) is 0 Å². The largest absolute Gasteiger partial charge is 0 e. The van der Waals surface area contributed by atoms with Gasteiger partial charge in [0.25, 0.3) is 0 Å². The smallest absolute Gasteiger partial charge is 0 e. The zero-order valence-electron chi connectivity index (χ0n) is 14.0. The first-order valence-corrected chi connectivity index (χ1v) is 9.71. The van der Waals surface area contributed by atoms with Crippen molar-refractivity contribution in [2.45, 2.75) is 32.6 Å². The SMILES string of the molecule is CC(c1ccccc1[Si](C)(C)C)N(C)C.[C-]#[O+].[C-]#[O+].[C-]#[O+].[Cr]. The third-order valence-corrected chi connectivity index (χ3v) is 5.06. The summed E-state index contributed by atoms with van der Waals surface area (Å²) in [6.45, 7) is 23.0. The van der Waals surface area contributed by atoms with Crippen molar-refractivity contribution in [1.82, 2.24) is 4.90 Å². The second-order valence-corrected chi connectivity index (χ2v) is 10.5. The molecule has 22 heavy (non-hydrogen) atoms.